The predicted octanol–water partition coefficient (Wildman–Crippen LogP) is 4.33. The molecule has 0 bridgehead atoms. The van der Waals surface area contributed by atoms with Gasteiger partial charge in [-0.1, -0.05) is 0 Å². The summed E-state index contributed by atoms with van der Waals surface area (Å²) in [5.74, 6) is -0.415. The monoisotopic (exact) mass is 445 g/mol. The van der Waals surface area contributed by atoms with Gasteiger partial charge in [-0.2, -0.15) is 0 Å². The van der Waals surface area contributed by atoms with E-state index in [9.17, 15) is 19.7 Å². The second-order valence-electron chi connectivity index (χ2n) is 6.86. The van der Waals surface area contributed by atoms with Crippen molar-refractivity contribution < 1.29 is 14.5 Å². The van der Waals surface area contributed by atoms with Crippen molar-refractivity contribution >= 4 is 45.2 Å². The Kier molecular flexibility index (Phi) is 6.08. The molecule has 0 aliphatic carbocycles. The van der Waals surface area contributed by atoms with Crippen molar-refractivity contribution in [2.24, 2.45) is 5.92 Å². The summed E-state index contributed by atoms with van der Waals surface area (Å²) < 4.78 is 0.500. The first kappa shape index (κ1) is 20.0. The van der Waals surface area contributed by atoms with Crippen LogP contribution in [0.1, 0.15) is 28.8 Å². The Morgan fingerprint density at radius 3 is 2.46 bits per heavy atom. The molecule has 0 saturated carbocycles. The van der Waals surface area contributed by atoms with Crippen molar-refractivity contribution in [3.05, 3.63) is 62.1 Å². The average Bonchev–Trinajstić information content (AvgIpc) is 2.69. The normalized spacial score (nSPS) is 14.6. The number of nitrogens with one attached hydrogen (secondary N) is 1. The Morgan fingerprint density at radius 1 is 1.25 bits per heavy atom. The number of anilines is 2. The Labute approximate surface area is 171 Å². The molecular formula is C20H20BrN3O4. The van der Waals surface area contributed by atoms with E-state index in [1.165, 1.54) is 6.07 Å². The molecule has 1 N–H and O–H groups in total. The third-order valence-corrected chi connectivity index (χ3v) is 5.54. The van der Waals surface area contributed by atoms with Gasteiger partial charge in [0, 0.05) is 40.8 Å². The molecule has 1 saturated heterocycles. The fraction of sp³-hybridized carbons (Fsp3) is 0.300. The van der Waals surface area contributed by atoms with Crippen molar-refractivity contribution in [3.8, 4) is 0 Å². The zero-order chi connectivity index (χ0) is 20.3. The molecule has 0 radical (unpaired) electrons. The Morgan fingerprint density at radius 2 is 1.89 bits per heavy atom. The molecule has 0 aromatic heterocycles. The van der Waals surface area contributed by atoms with Gasteiger partial charge in [0.25, 0.3) is 5.69 Å². The summed E-state index contributed by atoms with van der Waals surface area (Å²) >= 11 is 3.32. The predicted molar refractivity (Wildman–Crippen MR) is 111 cm³/mol. The van der Waals surface area contributed by atoms with E-state index in [1.54, 1.807) is 25.1 Å². The highest BCUT2D eigenvalue weighted by Gasteiger charge is 2.28. The van der Waals surface area contributed by atoms with E-state index in [4.69, 9.17) is 0 Å². The largest absolute Gasteiger partial charge is 0.371 e. The molecule has 1 heterocycles. The second-order valence-corrected chi connectivity index (χ2v) is 7.71. The van der Waals surface area contributed by atoms with Crippen molar-refractivity contribution in [3.63, 3.8) is 0 Å². The van der Waals surface area contributed by atoms with E-state index in [2.05, 4.69) is 26.1 Å². The lowest BCUT2D eigenvalue weighted by molar-refractivity contribution is -0.384. The minimum atomic E-state index is -0.487. The molecule has 0 atom stereocenters. The first-order chi connectivity index (χ1) is 13.4. The van der Waals surface area contributed by atoms with Gasteiger partial charge in [0.05, 0.1) is 4.92 Å². The number of piperidine rings is 1. The van der Waals surface area contributed by atoms with Gasteiger partial charge in [-0.05, 0) is 71.6 Å². The number of amides is 1. The zero-order valence-electron chi connectivity index (χ0n) is 15.4. The van der Waals surface area contributed by atoms with Crippen molar-refractivity contribution in [1.29, 1.82) is 0 Å². The standard InChI is InChI=1S/C20H20BrN3O4/c1-13-10-17(21)19(18(11-13)24(27)28)22-20(26)15-6-8-23(9-7-15)16-4-2-14(12-25)3-5-16/h2-5,10-12,15H,6-9H2,1H3,(H,22,26). The first-order valence-corrected chi connectivity index (χ1v) is 9.74. The van der Waals surface area contributed by atoms with Crippen LogP contribution in [0.2, 0.25) is 0 Å². The maximum absolute atomic E-state index is 12.7. The first-order valence-electron chi connectivity index (χ1n) is 8.94. The summed E-state index contributed by atoms with van der Waals surface area (Å²) in [7, 11) is 0. The SMILES string of the molecule is Cc1cc(Br)c(NC(=O)C2CCN(c3ccc(C=O)cc3)CC2)c([N+](=O)[O-])c1. The van der Waals surface area contributed by atoms with Crippen molar-refractivity contribution in [2.75, 3.05) is 23.3 Å². The molecule has 1 fully saturated rings. The van der Waals surface area contributed by atoms with Crippen LogP contribution in [0.3, 0.4) is 0 Å². The number of carbonyl (C=O) groups is 2. The second kappa shape index (κ2) is 8.52. The van der Waals surface area contributed by atoms with Crippen LogP contribution in [0, 0.1) is 23.0 Å². The van der Waals surface area contributed by atoms with Crippen LogP contribution in [0.15, 0.2) is 40.9 Å². The maximum atomic E-state index is 12.7. The van der Waals surface area contributed by atoms with Crippen molar-refractivity contribution in [2.45, 2.75) is 19.8 Å². The number of hydrogen-bond donors (Lipinski definition) is 1. The summed E-state index contributed by atoms with van der Waals surface area (Å²) in [5, 5.41) is 14.1. The lowest BCUT2D eigenvalue weighted by Crippen LogP contribution is -2.38. The van der Waals surface area contributed by atoms with E-state index in [0.29, 0.717) is 36.0 Å². The van der Waals surface area contributed by atoms with Gasteiger partial charge in [-0.25, -0.2) is 0 Å². The van der Waals surface area contributed by atoms with Gasteiger partial charge >= 0.3 is 0 Å². The number of benzene rings is 2. The molecule has 2 aromatic rings. The Balaban J connectivity index is 1.66. The van der Waals surface area contributed by atoms with E-state index in [-0.39, 0.29) is 23.2 Å². The van der Waals surface area contributed by atoms with E-state index in [1.807, 2.05) is 12.1 Å². The average molecular weight is 446 g/mol. The molecule has 2 aromatic carbocycles. The van der Waals surface area contributed by atoms with Gasteiger partial charge in [0.2, 0.25) is 5.91 Å². The van der Waals surface area contributed by atoms with Crippen LogP contribution in [-0.4, -0.2) is 30.2 Å². The lowest BCUT2D eigenvalue weighted by Gasteiger charge is -2.33. The zero-order valence-corrected chi connectivity index (χ0v) is 16.9. The molecule has 0 spiro atoms. The molecule has 1 amide bonds. The highest BCUT2D eigenvalue weighted by atomic mass is 79.9. The number of rotatable bonds is 5. The number of aryl methyl sites for hydroxylation is 1. The van der Waals surface area contributed by atoms with Crippen LogP contribution < -0.4 is 10.2 Å². The van der Waals surface area contributed by atoms with Crippen LogP contribution in [0.4, 0.5) is 17.1 Å². The summed E-state index contributed by atoms with van der Waals surface area (Å²) in [6.45, 7) is 3.17. The minimum absolute atomic E-state index is 0.118. The molecule has 1 aliphatic heterocycles. The van der Waals surface area contributed by atoms with Gasteiger partial charge < -0.3 is 10.2 Å². The van der Waals surface area contributed by atoms with Gasteiger partial charge in [0.1, 0.15) is 12.0 Å². The number of nitrogens with zero attached hydrogens (tertiary/aromatic N) is 2. The van der Waals surface area contributed by atoms with Crippen molar-refractivity contribution in [1.82, 2.24) is 0 Å². The topological polar surface area (TPSA) is 92.6 Å². The Hall–Kier alpha value is -2.74. The minimum Gasteiger partial charge on any atom is -0.371 e. The summed E-state index contributed by atoms with van der Waals surface area (Å²) in [4.78, 5) is 36.5. The molecule has 0 unspecified atom stereocenters. The molecular weight excluding hydrogens is 426 g/mol. The van der Waals surface area contributed by atoms with Crippen LogP contribution in [0.5, 0.6) is 0 Å². The number of nitro groups is 1. The molecule has 3 rings (SSSR count). The van der Waals surface area contributed by atoms with Crippen LogP contribution >= 0.6 is 15.9 Å². The third-order valence-electron chi connectivity index (χ3n) is 4.92. The number of carbonyl (C=O) groups excluding carboxylic acids is 2. The molecule has 1 aliphatic rings. The summed E-state index contributed by atoms with van der Waals surface area (Å²) in [6.07, 6.45) is 2.11. The Bertz CT molecular complexity index is 906. The van der Waals surface area contributed by atoms with Crippen LogP contribution in [0.25, 0.3) is 0 Å². The van der Waals surface area contributed by atoms with E-state index in [0.717, 1.165) is 17.5 Å². The number of halogens is 1. The maximum Gasteiger partial charge on any atom is 0.294 e. The fourth-order valence-corrected chi connectivity index (χ4v) is 4.04. The number of hydrogen-bond acceptors (Lipinski definition) is 5. The highest BCUT2D eigenvalue weighted by molar-refractivity contribution is 9.10. The smallest absolute Gasteiger partial charge is 0.294 e. The number of aldehydes is 1. The molecule has 146 valence electrons. The molecule has 7 nitrogen and oxygen atoms in total. The van der Waals surface area contributed by atoms with Gasteiger partial charge in [-0.3, -0.25) is 19.7 Å². The van der Waals surface area contributed by atoms with Gasteiger partial charge in [-0.15, -0.1) is 0 Å². The summed E-state index contributed by atoms with van der Waals surface area (Å²) in [5.41, 5.74) is 2.47. The third kappa shape index (κ3) is 4.39. The molecule has 8 heteroatoms. The van der Waals surface area contributed by atoms with Crippen LogP contribution in [-0.2, 0) is 4.79 Å². The summed E-state index contributed by atoms with van der Waals surface area (Å²) in [6, 6.07) is 10.5. The van der Waals surface area contributed by atoms with Gasteiger partial charge in [0.15, 0.2) is 0 Å². The lowest BCUT2D eigenvalue weighted by atomic mass is 9.95. The fourth-order valence-electron chi connectivity index (χ4n) is 3.38. The molecule has 28 heavy (non-hydrogen) atoms. The van der Waals surface area contributed by atoms with E-state index >= 15 is 0 Å². The van der Waals surface area contributed by atoms with E-state index < -0.39 is 4.92 Å². The quantitative estimate of drug-likeness (QED) is 0.419. The highest BCUT2D eigenvalue weighted by Crippen LogP contribution is 2.35. The number of nitro benzene ring substituents is 1.